The molecule has 0 N–H and O–H groups in total. The summed E-state index contributed by atoms with van der Waals surface area (Å²) in [7, 11) is 0. The molecule has 0 aliphatic carbocycles. The zero-order valence-corrected chi connectivity index (χ0v) is 5.25. The van der Waals surface area contributed by atoms with E-state index in [1.165, 1.54) is 5.56 Å². The van der Waals surface area contributed by atoms with E-state index in [1.54, 1.807) is 0 Å². The second-order valence-electron chi connectivity index (χ2n) is 1.61. The Morgan fingerprint density at radius 2 is 1.67 bits per heavy atom. The third-order valence-corrected chi connectivity index (χ3v) is 1.04. The maximum absolute atomic E-state index is 3.63. The molecule has 0 saturated carbocycles. The average molecular weight is 115 g/mol. The van der Waals surface area contributed by atoms with Gasteiger partial charge in [-0.25, -0.2) is 0 Å². The number of hydrogen-bond acceptors (Lipinski definition) is 0. The predicted octanol–water partition coefficient (Wildman–Crippen LogP) is 1.95. The second-order valence-corrected chi connectivity index (χ2v) is 1.61. The Bertz CT molecular complexity index is 167. The van der Waals surface area contributed by atoms with Crippen molar-refractivity contribution < 1.29 is 0 Å². The smallest absolute Gasteiger partial charge is 0 e. The van der Waals surface area contributed by atoms with Crippen LogP contribution in [0.1, 0.15) is 5.56 Å². The molecular weight excluding hydrogens is 107 g/mol. The Balaban J connectivity index is 0.000000640. The molecule has 1 heteroatoms. The van der Waals surface area contributed by atoms with Crippen LogP contribution in [0.5, 0.6) is 0 Å². The lowest BCUT2D eigenvalue weighted by atomic mass is 10.2. The Kier molecular flexibility index (Phi) is 3.53. The van der Waals surface area contributed by atoms with E-state index in [-0.39, 0.29) is 8.41 Å². The van der Waals surface area contributed by atoms with Crippen molar-refractivity contribution >= 4 is 14.5 Å². The molecule has 0 aliphatic rings. The van der Waals surface area contributed by atoms with E-state index in [0.717, 1.165) is 0 Å². The van der Waals surface area contributed by atoms with Crippen molar-refractivity contribution in [2.45, 2.75) is 0 Å². The van der Waals surface area contributed by atoms with Crippen LogP contribution in [0.2, 0.25) is 0 Å². The van der Waals surface area contributed by atoms with Gasteiger partial charge in [-0.15, -0.1) is 0 Å². The van der Waals surface area contributed by atoms with E-state index >= 15 is 0 Å². The van der Waals surface area contributed by atoms with Gasteiger partial charge in [0, 0.05) is 8.41 Å². The second kappa shape index (κ2) is 3.96. The first-order chi connectivity index (χ1) is 3.93. The van der Waals surface area contributed by atoms with Gasteiger partial charge < -0.3 is 0 Å². The molecule has 1 aromatic rings. The van der Waals surface area contributed by atoms with Gasteiger partial charge in [0.1, 0.15) is 0 Å². The highest BCUT2D eigenvalue weighted by molar-refractivity contribution is 5.75. The highest BCUT2D eigenvalue weighted by Gasteiger charge is 1.75. The van der Waals surface area contributed by atoms with Gasteiger partial charge in [0.25, 0.3) is 0 Å². The maximum atomic E-state index is 3.63. The van der Waals surface area contributed by atoms with Gasteiger partial charge in [-0.3, -0.25) is 0 Å². The molecule has 0 bridgehead atoms. The molecule has 9 heavy (non-hydrogen) atoms. The fourth-order valence-electron chi connectivity index (χ4n) is 0.589. The fraction of sp³-hybridized carbons (Fsp3) is 0. The molecule has 0 unspecified atom stereocenters. The first kappa shape index (κ1) is 8.02. The Labute approximate surface area is 57.8 Å². The van der Waals surface area contributed by atoms with E-state index in [2.05, 4.69) is 6.58 Å². The molecule has 1 rings (SSSR count). The van der Waals surface area contributed by atoms with Crippen LogP contribution in [0.3, 0.4) is 0 Å². The minimum atomic E-state index is 0. The molecule has 0 heterocycles. The average Bonchev–Trinajstić information content (AvgIpc) is 1.90. The van der Waals surface area contributed by atoms with Crippen LogP contribution in [0, 0.1) is 0 Å². The molecule has 0 aliphatic heterocycles. The van der Waals surface area contributed by atoms with Crippen LogP contribution < -0.4 is 0 Å². The van der Waals surface area contributed by atoms with Gasteiger partial charge in [-0.2, -0.15) is 0 Å². The number of benzene rings is 1. The Morgan fingerprint density at radius 1 is 1.11 bits per heavy atom. The summed E-state index contributed by atoms with van der Waals surface area (Å²) in [6, 6.07) is 10.0. The largest absolute Gasteiger partial charge is 0.0985 e. The van der Waals surface area contributed by atoms with Crippen LogP contribution >= 0.6 is 0 Å². The van der Waals surface area contributed by atoms with Gasteiger partial charge in [-0.05, 0) is 5.56 Å². The standard InChI is InChI=1S/C8H8.B/c1-2-8-6-4-3-5-7-8;/h2-7H,1H2;. The van der Waals surface area contributed by atoms with Crippen molar-refractivity contribution in [1.82, 2.24) is 0 Å². The minimum Gasteiger partial charge on any atom is -0.0985 e. The first-order valence-electron chi connectivity index (χ1n) is 2.61. The normalized spacial score (nSPS) is 7.56. The number of rotatable bonds is 1. The van der Waals surface area contributed by atoms with Crippen molar-refractivity contribution in [3.05, 3.63) is 42.5 Å². The van der Waals surface area contributed by atoms with E-state index in [9.17, 15) is 0 Å². The van der Waals surface area contributed by atoms with Crippen molar-refractivity contribution in [2.75, 3.05) is 0 Å². The predicted molar refractivity (Wildman–Crippen MR) is 42.3 cm³/mol. The van der Waals surface area contributed by atoms with Crippen LogP contribution in [-0.2, 0) is 0 Å². The summed E-state index contributed by atoms with van der Waals surface area (Å²) >= 11 is 0. The summed E-state index contributed by atoms with van der Waals surface area (Å²) in [5.74, 6) is 0. The lowest BCUT2D eigenvalue weighted by Crippen LogP contribution is -1.63. The SMILES string of the molecule is C=Cc1ccccc1.[B]. The molecule has 0 fully saturated rings. The summed E-state index contributed by atoms with van der Waals surface area (Å²) in [4.78, 5) is 0. The lowest BCUT2D eigenvalue weighted by molar-refractivity contribution is 1.67. The van der Waals surface area contributed by atoms with Gasteiger partial charge in [0.2, 0.25) is 0 Å². The zero-order valence-electron chi connectivity index (χ0n) is 5.25. The van der Waals surface area contributed by atoms with Gasteiger partial charge in [-0.1, -0.05) is 43.0 Å². The molecule has 0 nitrogen and oxygen atoms in total. The third kappa shape index (κ3) is 2.18. The van der Waals surface area contributed by atoms with Crippen LogP contribution in [-0.4, -0.2) is 8.41 Å². The number of hydrogen-bond donors (Lipinski definition) is 0. The first-order valence-corrected chi connectivity index (χ1v) is 2.61. The molecule has 3 radical (unpaired) electrons. The van der Waals surface area contributed by atoms with Crippen LogP contribution in [0.15, 0.2) is 36.9 Å². The summed E-state index contributed by atoms with van der Waals surface area (Å²) in [5.41, 5.74) is 1.17. The highest BCUT2D eigenvalue weighted by Crippen LogP contribution is 1.97. The van der Waals surface area contributed by atoms with Crippen molar-refractivity contribution in [2.24, 2.45) is 0 Å². The monoisotopic (exact) mass is 115 g/mol. The summed E-state index contributed by atoms with van der Waals surface area (Å²) < 4.78 is 0. The molecule has 0 amide bonds. The van der Waals surface area contributed by atoms with E-state index in [1.807, 2.05) is 36.4 Å². The lowest BCUT2D eigenvalue weighted by Gasteiger charge is -1.85. The summed E-state index contributed by atoms with van der Waals surface area (Å²) in [6.07, 6.45) is 1.83. The summed E-state index contributed by atoms with van der Waals surface area (Å²) in [5, 5.41) is 0. The van der Waals surface area contributed by atoms with E-state index in [0.29, 0.717) is 0 Å². The molecule has 43 valence electrons. The minimum absolute atomic E-state index is 0. The van der Waals surface area contributed by atoms with Gasteiger partial charge in [0.05, 0.1) is 0 Å². The van der Waals surface area contributed by atoms with Crippen molar-refractivity contribution in [3.63, 3.8) is 0 Å². The molecular formula is C8H8B. The van der Waals surface area contributed by atoms with Gasteiger partial charge in [0.15, 0.2) is 0 Å². The highest BCUT2D eigenvalue weighted by atomic mass is 13.8. The molecule has 1 aromatic carbocycles. The van der Waals surface area contributed by atoms with E-state index in [4.69, 9.17) is 0 Å². The Morgan fingerprint density at radius 3 is 2.00 bits per heavy atom. The van der Waals surface area contributed by atoms with Crippen molar-refractivity contribution in [3.8, 4) is 0 Å². The summed E-state index contributed by atoms with van der Waals surface area (Å²) in [6.45, 7) is 3.63. The molecule has 0 aromatic heterocycles. The fourth-order valence-corrected chi connectivity index (χ4v) is 0.589. The van der Waals surface area contributed by atoms with Crippen LogP contribution in [0.4, 0.5) is 0 Å². The van der Waals surface area contributed by atoms with Gasteiger partial charge >= 0.3 is 0 Å². The third-order valence-electron chi connectivity index (χ3n) is 1.04. The van der Waals surface area contributed by atoms with Crippen LogP contribution in [0.25, 0.3) is 6.08 Å². The van der Waals surface area contributed by atoms with Crippen molar-refractivity contribution in [1.29, 1.82) is 0 Å². The maximum Gasteiger partial charge on any atom is 0 e. The van der Waals surface area contributed by atoms with E-state index < -0.39 is 0 Å². The molecule has 0 spiro atoms. The topological polar surface area (TPSA) is 0 Å². The Hall–Kier alpha value is -0.975. The quantitative estimate of drug-likeness (QED) is 0.490. The molecule has 0 saturated heterocycles. The zero-order chi connectivity index (χ0) is 5.82. The molecule has 0 atom stereocenters.